The van der Waals surface area contributed by atoms with E-state index >= 15 is 0 Å². The van der Waals surface area contributed by atoms with Crippen LogP contribution in [0.15, 0.2) is 71.2 Å². The predicted molar refractivity (Wildman–Crippen MR) is 147 cm³/mol. The van der Waals surface area contributed by atoms with Gasteiger partial charge in [0.25, 0.3) is 0 Å². The molecule has 41 heavy (non-hydrogen) atoms. The minimum absolute atomic E-state index is 0.0325. The fourth-order valence-corrected chi connectivity index (χ4v) is 8.29. The Balaban J connectivity index is 1.24. The van der Waals surface area contributed by atoms with E-state index < -0.39 is 23.0 Å². The molecule has 6 atom stereocenters. The number of ketones is 1. The number of hydrogen-bond donors (Lipinski definition) is 2. The number of aromatic nitrogens is 1. The van der Waals surface area contributed by atoms with E-state index in [1.54, 1.807) is 36.4 Å². The number of allylic oxidation sites excluding steroid dienone is 4. The normalized spacial score (nSPS) is 33.6. The topological polar surface area (TPSA) is 132 Å². The molecule has 3 fully saturated rings. The number of benzene rings is 1. The van der Waals surface area contributed by atoms with Gasteiger partial charge < -0.3 is 14.5 Å². The number of hydrogen-bond acceptors (Lipinski definition) is 8. The van der Waals surface area contributed by atoms with Crippen LogP contribution >= 0.6 is 0 Å². The van der Waals surface area contributed by atoms with Gasteiger partial charge in [-0.25, -0.2) is 9.59 Å². The first-order chi connectivity index (χ1) is 19.6. The molecular formula is C32H33NO8. The van der Waals surface area contributed by atoms with Crippen LogP contribution in [0.25, 0.3) is 0 Å². The predicted octanol–water partition coefficient (Wildman–Crippen LogP) is 5.39. The molecule has 0 spiro atoms. The lowest BCUT2D eigenvalue weighted by atomic mass is 9.47. The number of ether oxygens (including phenoxy) is 2. The summed E-state index contributed by atoms with van der Waals surface area (Å²) in [5.41, 5.74) is -1.42. The second-order valence-electron chi connectivity index (χ2n) is 12.2. The molecule has 0 amide bonds. The highest BCUT2D eigenvalue weighted by Gasteiger charge is 2.70. The zero-order valence-corrected chi connectivity index (χ0v) is 23.1. The Hall–Kier alpha value is -3.98. The number of H-pyrrole nitrogens is 1. The number of fused-ring (bicyclic) bond motifs is 5. The van der Waals surface area contributed by atoms with Crippen LogP contribution in [0, 0.1) is 28.6 Å². The maximum atomic E-state index is 13.5. The third kappa shape index (κ3) is 4.25. The van der Waals surface area contributed by atoms with Crippen molar-refractivity contribution in [3.63, 3.8) is 0 Å². The lowest BCUT2D eigenvalue weighted by molar-refractivity contribution is -0.262. The smallest absolute Gasteiger partial charge is 0.385 e. The molecule has 1 aromatic heterocycles. The molecule has 1 aromatic carbocycles. The Bertz CT molecular complexity index is 1500. The highest BCUT2D eigenvalue weighted by molar-refractivity contribution is 6.01. The SMILES string of the molecule is C[C@]12C=CC(=O)C=C1CC[C@@H]1[C@@H]2CC[C@@]2(C)[C@H]1CCC2(OC(=O)c1ccc(Oc2ccc(=O)[nH]c2)cc1)C(=O)OO. The van der Waals surface area contributed by atoms with Gasteiger partial charge in [0.15, 0.2) is 5.78 Å². The molecule has 4 aliphatic carbocycles. The summed E-state index contributed by atoms with van der Waals surface area (Å²) in [5.74, 6) is -0.0818. The Kier molecular flexibility index (Phi) is 6.53. The van der Waals surface area contributed by atoms with E-state index in [9.17, 15) is 24.4 Å². The second-order valence-corrected chi connectivity index (χ2v) is 12.2. The van der Waals surface area contributed by atoms with Crippen LogP contribution in [0.5, 0.6) is 11.5 Å². The Morgan fingerprint density at radius 1 is 0.951 bits per heavy atom. The molecule has 0 radical (unpaired) electrons. The number of nitrogens with one attached hydrogen (secondary N) is 1. The molecule has 0 aliphatic heterocycles. The molecule has 1 unspecified atom stereocenters. The van der Waals surface area contributed by atoms with Crippen LogP contribution in [0.1, 0.15) is 62.7 Å². The summed E-state index contributed by atoms with van der Waals surface area (Å²) in [4.78, 5) is 56.9. The molecule has 214 valence electrons. The molecule has 0 bridgehead atoms. The highest BCUT2D eigenvalue weighted by atomic mass is 17.1. The first kappa shape index (κ1) is 27.2. The summed E-state index contributed by atoms with van der Waals surface area (Å²) in [6.45, 7) is 4.19. The summed E-state index contributed by atoms with van der Waals surface area (Å²) in [7, 11) is 0. The van der Waals surface area contributed by atoms with E-state index in [0.29, 0.717) is 30.3 Å². The fraction of sp³-hybridized carbons (Fsp3) is 0.438. The Morgan fingerprint density at radius 2 is 1.68 bits per heavy atom. The van der Waals surface area contributed by atoms with Gasteiger partial charge in [0.05, 0.1) is 5.56 Å². The van der Waals surface area contributed by atoms with Gasteiger partial charge in [-0.3, -0.25) is 14.5 Å². The van der Waals surface area contributed by atoms with Crippen LogP contribution in [0.3, 0.4) is 0 Å². The maximum absolute atomic E-state index is 13.5. The number of rotatable bonds is 5. The molecule has 1 heterocycles. The largest absolute Gasteiger partial charge is 0.456 e. The quantitative estimate of drug-likeness (QED) is 0.283. The van der Waals surface area contributed by atoms with Crippen molar-refractivity contribution in [3.05, 3.63) is 82.3 Å². The van der Waals surface area contributed by atoms with Crippen molar-refractivity contribution in [2.24, 2.45) is 28.6 Å². The Morgan fingerprint density at radius 3 is 2.39 bits per heavy atom. The summed E-state index contributed by atoms with van der Waals surface area (Å²) < 4.78 is 11.8. The van der Waals surface area contributed by atoms with E-state index in [-0.39, 0.29) is 40.6 Å². The lowest BCUT2D eigenvalue weighted by Crippen LogP contribution is -2.59. The second kappa shape index (κ2) is 9.83. The van der Waals surface area contributed by atoms with E-state index in [0.717, 1.165) is 19.3 Å². The van der Waals surface area contributed by atoms with E-state index in [2.05, 4.69) is 22.9 Å². The summed E-state index contributed by atoms with van der Waals surface area (Å²) >= 11 is 0. The summed E-state index contributed by atoms with van der Waals surface area (Å²) in [6, 6.07) is 9.16. The van der Waals surface area contributed by atoms with Crippen molar-refractivity contribution < 1.29 is 34.0 Å². The number of esters is 1. The standard InChI is InChI=1S/C32H33NO8/c1-30-14-11-21(34)17-20(30)5-9-24-25(30)12-15-31(2)26(24)13-16-32(31,29(37)41-38)40-28(36)19-3-6-22(7-4-19)39-23-8-10-27(35)33-18-23/h3-4,6-8,10-11,14,17-18,24-26,38H,5,9,12-13,15-16H2,1-2H3,(H,33,35)/t24-,25+,26+,30+,31+,32?/m1/s1. The van der Waals surface area contributed by atoms with Crippen molar-refractivity contribution in [3.8, 4) is 11.5 Å². The van der Waals surface area contributed by atoms with Gasteiger partial charge in [0, 0.05) is 23.1 Å². The van der Waals surface area contributed by atoms with Gasteiger partial charge in [-0.15, -0.1) is 0 Å². The van der Waals surface area contributed by atoms with E-state index in [1.165, 1.54) is 23.9 Å². The maximum Gasteiger partial charge on any atom is 0.385 e. The van der Waals surface area contributed by atoms with E-state index in [4.69, 9.17) is 9.47 Å². The molecule has 9 heteroatoms. The van der Waals surface area contributed by atoms with Gasteiger partial charge in [0.1, 0.15) is 11.5 Å². The lowest BCUT2D eigenvalue weighted by Gasteiger charge is -2.57. The van der Waals surface area contributed by atoms with Crippen LogP contribution in [-0.4, -0.2) is 33.6 Å². The van der Waals surface area contributed by atoms with Gasteiger partial charge in [-0.2, -0.15) is 5.26 Å². The van der Waals surface area contributed by atoms with Crippen molar-refractivity contribution in [1.82, 2.24) is 4.98 Å². The zero-order valence-electron chi connectivity index (χ0n) is 23.1. The molecular weight excluding hydrogens is 526 g/mol. The van der Waals surface area contributed by atoms with Gasteiger partial charge in [0.2, 0.25) is 11.2 Å². The number of aromatic amines is 1. The monoisotopic (exact) mass is 559 g/mol. The third-order valence-electron chi connectivity index (χ3n) is 10.4. The number of pyridine rings is 1. The van der Waals surface area contributed by atoms with Crippen molar-refractivity contribution in [2.45, 2.75) is 58.0 Å². The number of carbonyl (C=O) groups is 3. The molecule has 4 aliphatic rings. The molecule has 3 saturated carbocycles. The third-order valence-corrected chi connectivity index (χ3v) is 10.4. The highest BCUT2D eigenvalue weighted by Crippen LogP contribution is 2.68. The fourth-order valence-electron chi connectivity index (χ4n) is 8.29. The summed E-state index contributed by atoms with van der Waals surface area (Å²) in [6.07, 6.45) is 11.0. The zero-order chi connectivity index (χ0) is 29.0. The molecule has 2 N–H and O–H groups in total. The first-order valence-electron chi connectivity index (χ1n) is 14.1. The average Bonchev–Trinajstić information content (AvgIpc) is 3.27. The van der Waals surface area contributed by atoms with Gasteiger partial charge >= 0.3 is 11.9 Å². The van der Waals surface area contributed by atoms with Crippen LogP contribution in [0.2, 0.25) is 0 Å². The first-order valence-corrected chi connectivity index (χ1v) is 14.1. The molecule has 9 nitrogen and oxygen atoms in total. The summed E-state index contributed by atoms with van der Waals surface area (Å²) in [5, 5.41) is 9.57. The molecule has 0 saturated heterocycles. The van der Waals surface area contributed by atoms with Crippen molar-refractivity contribution >= 4 is 17.7 Å². The minimum atomic E-state index is -1.63. The van der Waals surface area contributed by atoms with Crippen LogP contribution in [-0.2, 0) is 19.2 Å². The Labute approximate surface area is 237 Å². The minimum Gasteiger partial charge on any atom is -0.456 e. The van der Waals surface area contributed by atoms with Crippen molar-refractivity contribution in [1.29, 1.82) is 0 Å². The van der Waals surface area contributed by atoms with Crippen LogP contribution in [0.4, 0.5) is 0 Å². The number of carbonyl (C=O) groups excluding carboxylic acids is 3. The molecule has 6 rings (SSSR count). The van der Waals surface area contributed by atoms with Crippen LogP contribution < -0.4 is 10.3 Å². The van der Waals surface area contributed by atoms with Crippen molar-refractivity contribution in [2.75, 3.05) is 0 Å². The van der Waals surface area contributed by atoms with E-state index in [1.807, 2.05) is 6.92 Å². The van der Waals surface area contributed by atoms with Gasteiger partial charge in [-0.1, -0.05) is 25.5 Å². The van der Waals surface area contributed by atoms with Gasteiger partial charge in [-0.05, 0) is 98.8 Å². The average molecular weight is 560 g/mol. The molecule has 2 aromatic rings.